The molecule has 2 rings (SSSR count). The van der Waals surface area contributed by atoms with Crippen LogP contribution in [-0.2, 0) is 19.6 Å². The van der Waals surface area contributed by atoms with Gasteiger partial charge >= 0.3 is 5.97 Å². The van der Waals surface area contributed by atoms with Gasteiger partial charge in [-0.25, -0.2) is 8.42 Å². The normalized spacial score (nSPS) is 11.4. The second-order valence-corrected chi connectivity index (χ2v) is 9.69. The van der Waals surface area contributed by atoms with Crippen molar-refractivity contribution < 1.29 is 27.4 Å². The van der Waals surface area contributed by atoms with Crippen molar-refractivity contribution in [2.75, 3.05) is 25.1 Å². The molecule has 31 heavy (non-hydrogen) atoms. The molecule has 0 saturated carbocycles. The van der Waals surface area contributed by atoms with Crippen molar-refractivity contribution >= 4 is 33.3 Å². The zero-order chi connectivity index (χ0) is 23.4. The number of sulfonamides is 1. The molecule has 0 unspecified atom stereocenters. The summed E-state index contributed by atoms with van der Waals surface area (Å²) in [5.74, 6) is -0.253. The number of halogens is 1. The lowest BCUT2D eigenvalue weighted by Crippen LogP contribution is -2.39. The van der Waals surface area contributed by atoms with Crippen molar-refractivity contribution in [1.82, 2.24) is 0 Å². The van der Waals surface area contributed by atoms with Crippen LogP contribution in [0.2, 0.25) is 5.02 Å². The average Bonchev–Trinajstić information content (AvgIpc) is 2.70. The molecule has 0 fully saturated rings. The van der Waals surface area contributed by atoms with E-state index >= 15 is 0 Å². The van der Waals surface area contributed by atoms with E-state index in [0.29, 0.717) is 5.75 Å². The summed E-state index contributed by atoms with van der Waals surface area (Å²) in [6.45, 7) is 4.35. The maximum atomic E-state index is 13.5. The number of nitriles is 1. The molecular formula is C21H23ClN2O6S. The van der Waals surface area contributed by atoms with Crippen LogP contribution < -0.4 is 13.8 Å². The minimum atomic E-state index is -4.31. The standard InChI is InChI=1S/C21H23ClN2O6S/c1-21(2,3)30-20(25)13-24(17-8-6-15(22)10-14(17)12-23)31(26,27)16-7-9-18(28-4)19(11-16)29-5/h6-11H,13H2,1-5H3. The Hall–Kier alpha value is -2.96. The first-order valence-electron chi connectivity index (χ1n) is 9.09. The Balaban J connectivity index is 2.64. The molecule has 10 heteroatoms. The lowest BCUT2D eigenvalue weighted by molar-refractivity contribution is -0.152. The molecule has 0 aliphatic heterocycles. The SMILES string of the molecule is COc1ccc(S(=O)(=O)N(CC(=O)OC(C)(C)C)c2ccc(Cl)cc2C#N)cc1OC. The molecule has 0 radical (unpaired) electrons. The highest BCUT2D eigenvalue weighted by Gasteiger charge is 2.31. The Morgan fingerprint density at radius 1 is 1.10 bits per heavy atom. The minimum Gasteiger partial charge on any atom is -0.493 e. The fourth-order valence-corrected chi connectivity index (χ4v) is 4.33. The van der Waals surface area contributed by atoms with Gasteiger partial charge < -0.3 is 14.2 Å². The molecule has 166 valence electrons. The average molecular weight is 467 g/mol. The van der Waals surface area contributed by atoms with Crippen molar-refractivity contribution in [1.29, 1.82) is 5.26 Å². The number of nitrogens with zero attached hydrogens (tertiary/aromatic N) is 2. The van der Waals surface area contributed by atoms with Crippen LogP contribution in [0, 0.1) is 11.3 Å². The number of esters is 1. The number of rotatable bonds is 7. The van der Waals surface area contributed by atoms with Gasteiger partial charge in [-0.15, -0.1) is 0 Å². The summed E-state index contributed by atoms with van der Waals surface area (Å²) < 4.78 is 43.5. The third-order valence-electron chi connectivity index (χ3n) is 3.98. The van der Waals surface area contributed by atoms with E-state index < -0.39 is 28.1 Å². The van der Waals surface area contributed by atoms with E-state index in [2.05, 4.69) is 0 Å². The summed E-state index contributed by atoms with van der Waals surface area (Å²) in [5, 5.41) is 9.77. The molecule has 0 heterocycles. The molecule has 2 aromatic rings. The van der Waals surface area contributed by atoms with Gasteiger partial charge in [0.1, 0.15) is 18.2 Å². The van der Waals surface area contributed by atoms with Gasteiger partial charge in [0.05, 0.1) is 30.4 Å². The van der Waals surface area contributed by atoms with E-state index in [0.717, 1.165) is 4.31 Å². The van der Waals surface area contributed by atoms with Crippen LogP contribution >= 0.6 is 11.6 Å². The fourth-order valence-electron chi connectivity index (χ4n) is 2.71. The number of carbonyl (C=O) groups excluding carboxylic acids is 1. The number of carbonyl (C=O) groups is 1. The topological polar surface area (TPSA) is 106 Å². The molecule has 0 aliphatic carbocycles. The Kier molecular flexibility index (Phi) is 7.41. The molecule has 0 spiro atoms. The summed E-state index contributed by atoms with van der Waals surface area (Å²) in [6.07, 6.45) is 0. The molecule has 0 amide bonds. The molecule has 0 saturated heterocycles. The van der Waals surface area contributed by atoms with Crippen molar-refractivity contribution in [3.05, 3.63) is 47.0 Å². The molecule has 8 nitrogen and oxygen atoms in total. The van der Waals surface area contributed by atoms with Gasteiger partial charge in [-0.1, -0.05) is 11.6 Å². The number of benzene rings is 2. The smallest absolute Gasteiger partial charge is 0.327 e. The highest BCUT2D eigenvalue weighted by Crippen LogP contribution is 2.34. The molecule has 2 aromatic carbocycles. The number of ether oxygens (including phenoxy) is 3. The van der Waals surface area contributed by atoms with Crippen molar-refractivity contribution in [2.24, 2.45) is 0 Å². The van der Waals surface area contributed by atoms with Gasteiger partial charge in [-0.2, -0.15) is 5.26 Å². The van der Waals surface area contributed by atoms with Gasteiger partial charge in [0.15, 0.2) is 11.5 Å². The van der Waals surface area contributed by atoms with Crippen molar-refractivity contribution in [3.8, 4) is 17.6 Å². The van der Waals surface area contributed by atoms with Gasteiger partial charge in [-0.3, -0.25) is 9.10 Å². The van der Waals surface area contributed by atoms with Crippen molar-refractivity contribution in [2.45, 2.75) is 31.3 Å². The number of methoxy groups -OCH3 is 2. The zero-order valence-corrected chi connectivity index (χ0v) is 19.4. The zero-order valence-electron chi connectivity index (χ0n) is 17.8. The Morgan fingerprint density at radius 3 is 2.29 bits per heavy atom. The number of hydrogen-bond acceptors (Lipinski definition) is 7. The van der Waals surface area contributed by atoms with Crippen LogP contribution in [0.1, 0.15) is 26.3 Å². The maximum absolute atomic E-state index is 13.5. The third kappa shape index (κ3) is 5.81. The van der Waals surface area contributed by atoms with E-state index in [-0.39, 0.29) is 26.9 Å². The quantitative estimate of drug-likeness (QED) is 0.572. The molecule has 0 atom stereocenters. The lowest BCUT2D eigenvalue weighted by Gasteiger charge is -2.27. The minimum absolute atomic E-state index is 0.00690. The largest absolute Gasteiger partial charge is 0.493 e. The summed E-state index contributed by atoms with van der Waals surface area (Å²) in [7, 11) is -1.51. The van der Waals surface area contributed by atoms with Crippen LogP contribution in [-0.4, -0.2) is 40.8 Å². The first kappa shape index (κ1) is 24.3. The van der Waals surface area contributed by atoms with Crippen LogP contribution in [0.3, 0.4) is 0 Å². The van der Waals surface area contributed by atoms with Gasteiger partial charge in [0.25, 0.3) is 10.0 Å². The summed E-state index contributed by atoms with van der Waals surface area (Å²) in [4.78, 5) is 12.4. The van der Waals surface area contributed by atoms with Crippen LogP contribution in [0.25, 0.3) is 0 Å². The summed E-state index contributed by atoms with van der Waals surface area (Å²) in [6, 6.07) is 10.1. The first-order valence-corrected chi connectivity index (χ1v) is 10.9. The van der Waals surface area contributed by atoms with Gasteiger partial charge in [0.2, 0.25) is 0 Å². The van der Waals surface area contributed by atoms with Crippen LogP contribution in [0.15, 0.2) is 41.3 Å². The summed E-state index contributed by atoms with van der Waals surface area (Å²) >= 11 is 5.96. The highest BCUT2D eigenvalue weighted by atomic mass is 35.5. The Bertz CT molecular complexity index is 1120. The van der Waals surface area contributed by atoms with E-state index in [1.54, 1.807) is 20.8 Å². The van der Waals surface area contributed by atoms with Crippen molar-refractivity contribution in [3.63, 3.8) is 0 Å². The third-order valence-corrected chi connectivity index (χ3v) is 5.97. The van der Waals surface area contributed by atoms with E-state index in [1.807, 2.05) is 6.07 Å². The Morgan fingerprint density at radius 2 is 1.74 bits per heavy atom. The predicted molar refractivity (Wildman–Crippen MR) is 116 cm³/mol. The first-order chi connectivity index (χ1) is 14.4. The highest BCUT2D eigenvalue weighted by molar-refractivity contribution is 7.92. The van der Waals surface area contributed by atoms with Gasteiger partial charge in [0, 0.05) is 11.1 Å². The van der Waals surface area contributed by atoms with E-state index in [9.17, 15) is 18.5 Å². The second-order valence-electron chi connectivity index (χ2n) is 7.39. The summed E-state index contributed by atoms with van der Waals surface area (Å²) in [5.41, 5.74) is -0.846. The fraction of sp³-hybridized carbons (Fsp3) is 0.333. The number of anilines is 1. The van der Waals surface area contributed by atoms with Gasteiger partial charge in [-0.05, 0) is 51.1 Å². The van der Waals surface area contributed by atoms with E-state index in [4.69, 9.17) is 25.8 Å². The number of hydrogen-bond donors (Lipinski definition) is 0. The molecular weight excluding hydrogens is 444 g/mol. The Labute approximate surface area is 186 Å². The monoisotopic (exact) mass is 466 g/mol. The predicted octanol–water partition coefficient (Wildman–Crippen LogP) is 3.77. The second kappa shape index (κ2) is 9.45. The lowest BCUT2D eigenvalue weighted by atomic mass is 10.2. The molecule has 0 aliphatic rings. The molecule has 0 N–H and O–H groups in total. The van der Waals surface area contributed by atoms with E-state index in [1.165, 1.54) is 50.6 Å². The maximum Gasteiger partial charge on any atom is 0.327 e. The van der Waals surface area contributed by atoms with Crippen LogP contribution in [0.5, 0.6) is 11.5 Å². The van der Waals surface area contributed by atoms with Crippen LogP contribution in [0.4, 0.5) is 5.69 Å². The molecule has 0 aromatic heterocycles. The molecule has 0 bridgehead atoms.